The van der Waals surface area contributed by atoms with Gasteiger partial charge in [-0.2, -0.15) is 0 Å². The largest absolute Gasteiger partial charge is 0.324 e. The van der Waals surface area contributed by atoms with Gasteiger partial charge in [-0.1, -0.05) is 32.4 Å². The van der Waals surface area contributed by atoms with E-state index in [1.807, 2.05) is 0 Å². The highest BCUT2D eigenvalue weighted by molar-refractivity contribution is 9.10. The summed E-state index contributed by atoms with van der Waals surface area (Å²) < 4.78 is 2.48. The molecule has 1 aromatic heterocycles. The molecule has 0 amide bonds. The van der Waals surface area contributed by atoms with E-state index in [9.17, 15) is 0 Å². The molecule has 0 spiro atoms. The quantitative estimate of drug-likeness (QED) is 0.835. The van der Waals surface area contributed by atoms with Crippen LogP contribution in [-0.2, 0) is 0 Å². The van der Waals surface area contributed by atoms with Gasteiger partial charge in [-0.05, 0) is 50.7 Å². The maximum atomic E-state index is 6.38. The lowest BCUT2D eigenvalue weighted by molar-refractivity contribution is 0.436. The third-order valence-corrected chi connectivity index (χ3v) is 5.27. The fourth-order valence-electron chi connectivity index (χ4n) is 2.24. The van der Waals surface area contributed by atoms with Gasteiger partial charge in [0, 0.05) is 15.2 Å². The SMILES string of the molecule is CCCC(C)C(N)c1csc2c(Br)cccc12. The Hall–Kier alpha value is -0.380. The van der Waals surface area contributed by atoms with Gasteiger partial charge in [0.1, 0.15) is 0 Å². The molecule has 3 heteroatoms. The van der Waals surface area contributed by atoms with Crippen molar-refractivity contribution in [3.05, 3.63) is 33.6 Å². The third kappa shape index (κ3) is 2.56. The second-order valence-corrected chi connectivity index (χ2v) is 6.33. The van der Waals surface area contributed by atoms with Crippen LogP contribution in [0.3, 0.4) is 0 Å². The zero-order valence-corrected chi connectivity index (χ0v) is 12.6. The summed E-state index contributed by atoms with van der Waals surface area (Å²) >= 11 is 5.37. The maximum Gasteiger partial charge on any atom is 0.0488 e. The molecule has 92 valence electrons. The van der Waals surface area contributed by atoms with E-state index in [2.05, 4.69) is 53.4 Å². The summed E-state index contributed by atoms with van der Waals surface area (Å²) in [4.78, 5) is 0. The minimum absolute atomic E-state index is 0.151. The van der Waals surface area contributed by atoms with Gasteiger partial charge in [0.25, 0.3) is 0 Å². The molecule has 1 aromatic carbocycles. The van der Waals surface area contributed by atoms with E-state index in [-0.39, 0.29) is 6.04 Å². The summed E-state index contributed by atoms with van der Waals surface area (Å²) in [6.45, 7) is 4.46. The Kier molecular flexibility index (Phi) is 4.23. The van der Waals surface area contributed by atoms with Gasteiger partial charge >= 0.3 is 0 Å². The van der Waals surface area contributed by atoms with Crippen LogP contribution >= 0.6 is 27.3 Å². The van der Waals surface area contributed by atoms with Crippen LogP contribution in [-0.4, -0.2) is 0 Å². The molecule has 1 nitrogen and oxygen atoms in total. The second kappa shape index (κ2) is 5.51. The number of benzene rings is 1. The number of halogens is 1. The molecule has 0 radical (unpaired) electrons. The molecule has 0 aliphatic rings. The van der Waals surface area contributed by atoms with E-state index < -0.39 is 0 Å². The standard InChI is InChI=1S/C14H18BrNS/c1-3-5-9(2)13(16)11-8-17-14-10(11)6-4-7-12(14)15/h4,6-9,13H,3,5,16H2,1-2H3. The van der Waals surface area contributed by atoms with Gasteiger partial charge in [0.2, 0.25) is 0 Å². The lowest BCUT2D eigenvalue weighted by Crippen LogP contribution is -2.18. The highest BCUT2D eigenvalue weighted by Gasteiger charge is 2.18. The van der Waals surface area contributed by atoms with E-state index >= 15 is 0 Å². The van der Waals surface area contributed by atoms with Crippen LogP contribution in [0.15, 0.2) is 28.1 Å². The molecule has 2 N–H and O–H groups in total. The van der Waals surface area contributed by atoms with Crippen LogP contribution in [0.2, 0.25) is 0 Å². The first kappa shape index (κ1) is 13.1. The minimum Gasteiger partial charge on any atom is -0.324 e. The molecule has 0 saturated carbocycles. The van der Waals surface area contributed by atoms with Crippen molar-refractivity contribution < 1.29 is 0 Å². The van der Waals surface area contributed by atoms with Gasteiger partial charge < -0.3 is 5.73 Å². The Balaban J connectivity index is 2.39. The smallest absolute Gasteiger partial charge is 0.0488 e. The normalized spacial score (nSPS) is 15.1. The average molecular weight is 312 g/mol. The molecule has 2 unspecified atom stereocenters. The summed E-state index contributed by atoms with van der Waals surface area (Å²) in [7, 11) is 0. The minimum atomic E-state index is 0.151. The number of rotatable bonds is 4. The summed E-state index contributed by atoms with van der Waals surface area (Å²) in [5.41, 5.74) is 7.67. The topological polar surface area (TPSA) is 26.0 Å². The second-order valence-electron chi connectivity index (χ2n) is 4.60. The molecule has 0 saturated heterocycles. The van der Waals surface area contributed by atoms with Crippen LogP contribution in [0.1, 0.15) is 38.3 Å². The van der Waals surface area contributed by atoms with Gasteiger partial charge in [-0.25, -0.2) is 0 Å². The molecule has 2 aromatic rings. The van der Waals surface area contributed by atoms with Crippen molar-refractivity contribution in [1.82, 2.24) is 0 Å². The van der Waals surface area contributed by atoms with Gasteiger partial charge in [-0.15, -0.1) is 11.3 Å². The molecule has 0 bridgehead atoms. The molecule has 0 aliphatic heterocycles. The van der Waals surface area contributed by atoms with E-state index in [0.717, 1.165) is 0 Å². The van der Waals surface area contributed by atoms with Gasteiger partial charge in [0.15, 0.2) is 0 Å². The van der Waals surface area contributed by atoms with Gasteiger partial charge in [-0.3, -0.25) is 0 Å². The fourth-order valence-corrected chi connectivity index (χ4v) is 3.91. The number of thiophene rings is 1. The molecule has 2 atom stereocenters. The van der Waals surface area contributed by atoms with E-state index in [1.54, 1.807) is 11.3 Å². The zero-order valence-electron chi connectivity index (χ0n) is 10.2. The highest BCUT2D eigenvalue weighted by atomic mass is 79.9. The predicted molar refractivity (Wildman–Crippen MR) is 80.5 cm³/mol. The van der Waals surface area contributed by atoms with Crippen molar-refractivity contribution in [2.24, 2.45) is 11.7 Å². The Morgan fingerprint density at radius 1 is 1.41 bits per heavy atom. The molecule has 2 rings (SSSR count). The summed E-state index contributed by atoms with van der Waals surface area (Å²) in [5.74, 6) is 0.539. The first-order valence-corrected chi connectivity index (χ1v) is 7.73. The van der Waals surface area contributed by atoms with Crippen molar-refractivity contribution in [3.8, 4) is 0 Å². The van der Waals surface area contributed by atoms with Crippen LogP contribution < -0.4 is 5.73 Å². The predicted octanol–water partition coefficient (Wildman–Crippen LogP) is 5.10. The lowest BCUT2D eigenvalue weighted by Gasteiger charge is -2.19. The Bertz CT molecular complexity index is 506. The number of hydrogen-bond donors (Lipinski definition) is 1. The van der Waals surface area contributed by atoms with Crippen molar-refractivity contribution in [1.29, 1.82) is 0 Å². The summed E-state index contributed by atoms with van der Waals surface area (Å²) in [6, 6.07) is 6.49. The monoisotopic (exact) mass is 311 g/mol. The van der Waals surface area contributed by atoms with Crippen molar-refractivity contribution in [2.75, 3.05) is 0 Å². The van der Waals surface area contributed by atoms with Crippen molar-refractivity contribution >= 4 is 37.4 Å². The summed E-state index contributed by atoms with van der Waals surface area (Å²) in [5, 5.41) is 3.52. The number of nitrogens with two attached hydrogens (primary N) is 1. The first-order valence-electron chi connectivity index (χ1n) is 6.06. The molecule has 1 heterocycles. The molecule has 0 aliphatic carbocycles. The molecule has 17 heavy (non-hydrogen) atoms. The van der Waals surface area contributed by atoms with Crippen molar-refractivity contribution in [3.63, 3.8) is 0 Å². The highest BCUT2D eigenvalue weighted by Crippen LogP contribution is 2.37. The average Bonchev–Trinajstić information content (AvgIpc) is 2.73. The van der Waals surface area contributed by atoms with Gasteiger partial charge in [0.05, 0.1) is 0 Å². The Morgan fingerprint density at radius 2 is 2.18 bits per heavy atom. The number of hydrogen-bond acceptors (Lipinski definition) is 2. The molecular weight excluding hydrogens is 294 g/mol. The fraction of sp³-hybridized carbons (Fsp3) is 0.429. The number of fused-ring (bicyclic) bond motifs is 1. The third-order valence-electron chi connectivity index (χ3n) is 3.30. The molecular formula is C14H18BrNS. The first-order chi connectivity index (χ1) is 8.15. The van der Waals surface area contributed by atoms with Crippen LogP contribution in [0, 0.1) is 5.92 Å². The zero-order chi connectivity index (χ0) is 12.4. The van der Waals surface area contributed by atoms with E-state index in [1.165, 1.54) is 33.0 Å². The van der Waals surface area contributed by atoms with E-state index in [4.69, 9.17) is 5.73 Å². The maximum absolute atomic E-state index is 6.38. The lowest BCUT2D eigenvalue weighted by atomic mass is 9.92. The Morgan fingerprint density at radius 3 is 2.88 bits per heavy atom. The van der Waals surface area contributed by atoms with Crippen LogP contribution in [0.5, 0.6) is 0 Å². The molecule has 0 fully saturated rings. The van der Waals surface area contributed by atoms with Crippen LogP contribution in [0.25, 0.3) is 10.1 Å². The Labute approximate surface area is 115 Å². The van der Waals surface area contributed by atoms with E-state index in [0.29, 0.717) is 5.92 Å². The summed E-state index contributed by atoms with van der Waals surface area (Å²) in [6.07, 6.45) is 2.38. The van der Waals surface area contributed by atoms with Crippen molar-refractivity contribution in [2.45, 2.75) is 32.7 Å². The van der Waals surface area contributed by atoms with Crippen LogP contribution in [0.4, 0.5) is 0 Å².